The Morgan fingerprint density at radius 2 is 2.10 bits per heavy atom. The first-order valence-corrected chi connectivity index (χ1v) is 10.7. The Balaban J connectivity index is 1.39. The Morgan fingerprint density at radius 1 is 1.27 bits per heavy atom. The summed E-state index contributed by atoms with van der Waals surface area (Å²) < 4.78 is 6.25. The fraction of sp³-hybridized carbons (Fsp3) is 0.522. The molecule has 158 valence electrons. The number of hydrogen-bond acceptors (Lipinski definition) is 4. The molecule has 7 nitrogen and oxygen atoms in total. The van der Waals surface area contributed by atoms with Crippen molar-refractivity contribution in [1.29, 1.82) is 0 Å². The van der Waals surface area contributed by atoms with Crippen LogP contribution in [0, 0.1) is 25.7 Å². The summed E-state index contributed by atoms with van der Waals surface area (Å²) in [6, 6.07) is 6.26. The normalized spacial score (nSPS) is 32.4. The van der Waals surface area contributed by atoms with E-state index in [1.165, 1.54) is 0 Å². The molecule has 7 heteroatoms. The molecule has 4 aliphatic heterocycles. The molecule has 0 unspecified atom stereocenters. The molecule has 3 fully saturated rings. The van der Waals surface area contributed by atoms with Gasteiger partial charge in [-0.05, 0) is 25.0 Å². The Morgan fingerprint density at radius 3 is 2.93 bits per heavy atom. The highest BCUT2D eigenvalue weighted by Crippen LogP contribution is 2.52. The third kappa shape index (κ3) is 2.95. The van der Waals surface area contributed by atoms with Gasteiger partial charge in [0.15, 0.2) is 0 Å². The van der Waals surface area contributed by atoms with E-state index < -0.39 is 17.4 Å². The van der Waals surface area contributed by atoms with Gasteiger partial charge in [0.05, 0.1) is 24.5 Å². The van der Waals surface area contributed by atoms with Gasteiger partial charge in [-0.25, -0.2) is 0 Å². The topological polar surface area (TPSA) is 79.0 Å². The zero-order chi connectivity index (χ0) is 21.0. The van der Waals surface area contributed by atoms with Crippen molar-refractivity contribution in [2.75, 3.05) is 26.2 Å². The highest BCUT2D eigenvalue weighted by Gasteiger charge is 2.67. The molecule has 1 aromatic rings. The molecule has 1 spiro atoms. The van der Waals surface area contributed by atoms with Crippen molar-refractivity contribution in [3.8, 4) is 0 Å². The van der Waals surface area contributed by atoms with Crippen LogP contribution in [0.1, 0.15) is 23.1 Å². The summed E-state index contributed by atoms with van der Waals surface area (Å²) in [6.45, 7) is 6.40. The third-order valence-corrected chi connectivity index (χ3v) is 6.95. The molecule has 4 aliphatic rings. The van der Waals surface area contributed by atoms with Crippen LogP contribution in [0.2, 0.25) is 0 Å². The first kappa shape index (κ1) is 19.3. The minimum Gasteiger partial charge on any atom is -0.360 e. The largest absolute Gasteiger partial charge is 0.360 e. The molecule has 1 aromatic carbocycles. The lowest BCUT2D eigenvalue weighted by Crippen LogP contribution is -2.47. The summed E-state index contributed by atoms with van der Waals surface area (Å²) in [5.41, 5.74) is 2.73. The van der Waals surface area contributed by atoms with E-state index in [-0.39, 0.29) is 23.8 Å². The van der Waals surface area contributed by atoms with Crippen molar-refractivity contribution in [3.63, 3.8) is 0 Å². The molecule has 0 saturated carbocycles. The lowest BCUT2D eigenvalue weighted by Gasteiger charge is -2.29. The van der Waals surface area contributed by atoms with E-state index in [4.69, 9.17) is 4.74 Å². The van der Waals surface area contributed by atoms with E-state index in [2.05, 4.69) is 30.4 Å². The first-order chi connectivity index (χ1) is 14.4. The number of carbonyl (C=O) groups is 3. The number of amides is 3. The van der Waals surface area contributed by atoms with Crippen molar-refractivity contribution < 1.29 is 19.1 Å². The van der Waals surface area contributed by atoms with Crippen LogP contribution in [-0.2, 0) is 25.7 Å². The first-order valence-electron chi connectivity index (χ1n) is 10.7. The average molecular weight is 409 g/mol. The number of nitrogens with zero attached hydrogens (tertiary/aromatic N) is 2. The van der Waals surface area contributed by atoms with E-state index in [0.717, 1.165) is 16.7 Å². The van der Waals surface area contributed by atoms with Gasteiger partial charge in [-0.3, -0.25) is 14.4 Å². The van der Waals surface area contributed by atoms with Gasteiger partial charge < -0.3 is 19.9 Å². The van der Waals surface area contributed by atoms with Gasteiger partial charge in [0.1, 0.15) is 5.60 Å². The predicted molar refractivity (Wildman–Crippen MR) is 109 cm³/mol. The number of hydrogen-bond donors (Lipinski definition) is 1. The van der Waals surface area contributed by atoms with Crippen molar-refractivity contribution in [2.45, 2.75) is 38.5 Å². The molecule has 30 heavy (non-hydrogen) atoms. The fourth-order valence-electron chi connectivity index (χ4n) is 5.37. The minimum absolute atomic E-state index is 0.00914. The molecule has 5 rings (SSSR count). The van der Waals surface area contributed by atoms with Gasteiger partial charge in [0.2, 0.25) is 17.7 Å². The molecule has 3 amide bonds. The second kappa shape index (κ2) is 6.94. The number of rotatable bonds is 3. The average Bonchev–Trinajstić information content (AvgIpc) is 3.28. The molecule has 4 atom stereocenters. The quantitative estimate of drug-likeness (QED) is 0.754. The maximum absolute atomic E-state index is 13.5. The van der Waals surface area contributed by atoms with Crippen LogP contribution in [0.4, 0.5) is 0 Å². The van der Waals surface area contributed by atoms with Gasteiger partial charge >= 0.3 is 0 Å². The maximum Gasteiger partial charge on any atom is 0.230 e. The maximum atomic E-state index is 13.5. The predicted octanol–water partition coefficient (Wildman–Crippen LogP) is 0.934. The van der Waals surface area contributed by atoms with Crippen molar-refractivity contribution in [1.82, 2.24) is 15.1 Å². The minimum atomic E-state index is -0.709. The Hall–Kier alpha value is -2.67. The number of fused-ring (bicyclic) bond motifs is 1. The lowest BCUT2D eigenvalue weighted by atomic mass is 9.76. The molecule has 2 bridgehead atoms. The summed E-state index contributed by atoms with van der Waals surface area (Å²) in [5, 5.41) is 2.80. The van der Waals surface area contributed by atoms with Crippen LogP contribution < -0.4 is 5.32 Å². The molecule has 3 saturated heterocycles. The van der Waals surface area contributed by atoms with Crippen LogP contribution in [-0.4, -0.2) is 65.4 Å². The van der Waals surface area contributed by atoms with Gasteiger partial charge in [-0.15, -0.1) is 0 Å². The van der Waals surface area contributed by atoms with E-state index >= 15 is 0 Å². The zero-order valence-electron chi connectivity index (χ0n) is 17.4. The molecule has 4 heterocycles. The second-order valence-electron chi connectivity index (χ2n) is 8.95. The molecular weight excluding hydrogens is 382 g/mol. The summed E-state index contributed by atoms with van der Waals surface area (Å²) in [5.74, 6) is -1.13. The number of likely N-dealkylation sites (tertiary alicyclic amines) is 1. The van der Waals surface area contributed by atoms with Crippen LogP contribution >= 0.6 is 0 Å². The summed E-state index contributed by atoms with van der Waals surface area (Å²) in [4.78, 5) is 42.1. The number of benzene rings is 1. The lowest BCUT2D eigenvalue weighted by molar-refractivity contribution is -0.143. The Kier molecular flexibility index (Phi) is 4.47. The standard InChI is InChI=1S/C23H27N3O4/c1-14-3-4-15(2)16(11-14)12-26-13-23-7-5-17(30-23)19(20(23)22(26)29)21(28)25-9-6-18(27)24-8-10-25/h3-5,7,11,17,19-20H,6,8-10,12-13H2,1-2H3,(H,24,27)/t17-,19-,20-,23-/m0/s1. The van der Waals surface area contributed by atoms with Crippen LogP contribution in [0.15, 0.2) is 30.4 Å². The SMILES string of the molecule is Cc1ccc(C)c(CN2C[C@]34C=C[C@H](O3)[C@H](C(=O)N3CCNC(=O)CC3)[C@H]4C2=O)c1. The molecule has 0 radical (unpaired) electrons. The molecule has 0 aromatic heterocycles. The monoisotopic (exact) mass is 409 g/mol. The summed E-state index contributed by atoms with van der Waals surface area (Å²) >= 11 is 0. The molecule has 0 aliphatic carbocycles. The zero-order valence-corrected chi connectivity index (χ0v) is 17.4. The van der Waals surface area contributed by atoms with Crippen LogP contribution in [0.5, 0.6) is 0 Å². The Labute approximate surface area is 176 Å². The van der Waals surface area contributed by atoms with Crippen LogP contribution in [0.3, 0.4) is 0 Å². The van der Waals surface area contributed by atoms with E-state index in [1.807, 2.05) is 24.0 Å². The Bertz CT molecular complexity index is 958. The van der Waals surface area contributed by atoms with Crippen molar-refractivity contribution in [2.24, 2.45) is 11.8 Å². The summed E-state index contributed by atoms with van der Waals surface area (Å²) in [6.07, 6.45) is 3.86. The smallest absolute Gasteiger partial charge is 0.230 e. The third-order valence-electron chi connectivity index (χ3n) is 6.95. The van der Waals surface area contributed by atoms with Crippen LogP contribution in [0.25, 0.3) is 0 Å². The number of nitrogens with one attached hydrogen (secondary N) is 1. The van der Waals surface area contributed by atoms with Crippen molar-refractivity contribution >= 4 is 17.7 Å². The highest BCUT2D eigenvalue weighted by molar-refractivity contribution is 5.93. The number of ether oxygens (including phenoxy) is 1. The highest BCUT2D eigenvalue weighted by atomic mass is 16.5. The number of carbonyl (C=O) groups excluding carboxylic acids is 3. The van der Waals surface area contributed by atoms with E-state index in [9.17, 15) is 14.4 Å². The number of aryl methyl sites for hydroxylation is 2. The van der Waals surface area contributed by atoms with Gasteiger partial charge in [0, 0.05) is 32.6 Å². The molecular formula is C23H27N3O4. The van der Waals surface area contributed by atoms with Gasteiger partial charge in [0.25, 0.3) is 0 Å². The summed E-state index contributed by atoms with van der Waals surface area (Å²) in [7, 11) is 0. The van der Waals surface area contributed by atoms with Gasteiger partial charge in [-0.2, -0.15) is 0 Å². The van der Waals surface area contributed by atoms with Gasteiger partial charge in [-0.1, -0.05) is 35.9 Å². The molecule has 1 N–H and O–H groups in total. The second-order valence-corrected chi connectivity index (χ2v) is 8.95. The fourth-order valence-corrected chi connectivity index (χ4v) is 5.37. The van der Waals surface area contributed by atoms with E-state index in [1.54, 1.807) is 4.90 Å². The van der Waals surface area contributed by atoms with E-state index in [0.29, 0.717) is 39.1 Å². The van der Waals surface area contributed by atoms with Crippen molar-refractivity contribution in [3.05, 3.63) is 47.0 Å².